The first-order valence-corrected chi connectivity index (χ1v) is 12.0. The van der Waals surface area contributed by atoms with Gasteiger partial charge in [0.1, 0.15) is 34.5 Å². The number of hydrogen-bond acceptors (Lipinski definition) is 8. The van der Waals surface area contributed by atoms with Crippen LogP contribution in [0.4, 0.5) is 8.78 Å². The van der Waals surface area contributed by atoms with Crippen molar-refractivity contribution in [2.75, 3.05) is 13.2 Å². The summed E-state index contributed by atoms with van der Waals surface area (Å²) < 4.78 is 39.3. The number of halogens is 3. The van der Waals surface area contributed by atoms with Gasteiger partial charge in [-0.25, -0.2) is 18.7 Å². The van der Waals surface area contributed by atoms with Gasteiger partial charge >= 0.3 is 0 Å². The molecule has 1 aliphatic heterocycles. The third kappa shape index (κ3) is 4.87. The molecule has 0 bridgehead atoms. The molecule has 4 aromatic rings. The van der Waals surface area contributed by atoms with Crippen molar-refractivity contribution >= 4 is 11.6 Å². The maximum absolute atomic E-state index is 13.9. The average molecular weight is 542 g/mol. The molecule has 0 radical (unpaired) electrons. The van der Waals surface area contributed by atoms with E-state index in [0.29, 0.717) is 47.4 Å². The number of hydrogen-bond donors (Lipinski definition) is 1. The largest absolute Gasteiger partial charge is 0.485 e. The van der Waals surface area contributed by atoms with E-state index in [4.69, 9.17) is 21.1 Å². The number of pyridine rings is 3. The molecule has 0 unspecified atom stereocenters. The highest BCUT2D eigenvalue weighted by molar-refractivity contribution is 6.31. The number of aliphatic hydroxyl groups is 1. The van der Waals surface area contributed by atoms with Crippen LogP contribution in [-0.4, -0.2) is 42.8 Å². The van der Waals surface area contributed by atoms with Crippen molar-refractivity contribution < 1.29 is 23.4 Å². The van der Waals surface area contributed by atoms with Gasteiger partial charge in [0.05, 0.1) is 36.5 Å². The number of nitrogens with zero attached hydrogens (tertiary/aromatic N) is 5. The molecule has 4 aromatic heterocycles. The van der Waals surface area contributed by atoms with Crippen LogP contribution in [0, 0.1) is 25.5 Å². The minimum absolute atomic E-state index is 0.0374. The number of ether oxygens (including phenoxy) is 2. The lowest BCUT2D eigenvalue weighted by atomic mass is 10.0. The predicted molar refractivity (Wildman–Crippen MR) is 133 cm³/mol. The first-order valence-electron chi connectivity index (χ1n) is 11.6. The Morgan fingerprint density at radius 2 is 1.97 bits per heavy atom. The Labute approximate surface area is 220 Å². The van der Waals surface area contributed by atoms with Crippen molar-refractivity contribution in [1.29, 1.82) is 0 Å². The fourth-order valence-electron chi connectivity index (χ4n) is 4.13. The third-order valence-electron chi connectivity index (χ3n) is 6.20. The number of aryl methyl sites for hydroxylation is 2. The summed E-state index contributed by atoms with van der Waals surface area (Å²) in [6, 6.07) is 5.60. The second kappa shape index (κ2) is 10.2. The molecule has 0 spiro atoms. The topological polar surface area (TPSA) is 112 Å². The summed E-state index contributed by atoms with van der Waals surface area (Å²) in [6.45, 7) is 3.66. The van der Waals surface area contributed by atoms with E-state index in [1.165, 1.54) is 10.8 Å². The molecule has 0 amide bonds. The zero-order valence-corrected chi connectivity index (χ0v) is 21.2. The zero-order chi connectivity index (χ0) is 27.0. The molecule has 1 atom stereocenters. The van der Waals surface area contributed by atoms with Gasteiger partial charge in [-0.1, -0.05) is 11.6 Å². The van der Waals surface area contributed by atoms with Crippen LogP contribution >= 0.6 is 11.6 Å². The molecule has 1 aliphatic rings. The summed E-state index contributed by atoms with van der Waals surface area (Å²) in [5.74, 6) is -1.40. The summed E-state index contributed by atoms with van der Waals surface area (Å²) in [4.78, 5) is 30.2. The molecule has 0 saturated carbocycles. The highest BCUT2D eigenvalue weighted by atomic mass is 35.5. The van der Waals surface area contributed by atoms with Gasteiger partial charge in [0.25, 0.3) is 5.56 Å². The van der Waals surface area contributed by atoms with Crippen LogP contribution in [0.5, 0.6) is 5.75 Å². The van der Waals surface area contributed by atoms with E-state index in [-0.39, 0.29) is 35.5 Å². The second-order valence-electron chi connectivity index (χ2n) is 8.93. The van der Waals surface area contributed by atoms with Crippen molar-refractivity contribution in [2.45, 2.75) is 32.5 Å². The van der Waals surface area contributed by atoms with E-state index in [1.54, 1.807) is 38.2 Å². The molecule has 12 heteroatoms. The summed E-state index contributed by atoms with van der Waals surface area (Å²) >= 11 is 6.36. The fraction of sp³-hybridized carbons (Fsp3) is 0.269. The van der Waals surface area contributed by atoms with Crippen molar-refractivity contribution in [2.24, 2.45) is 0 Å². The maximum Gasteiger partial charge on any atom is 0.277 e. The predicted octanol–water partition coefficient (Wildman–Crippen LogP) is 3.82. The fourth-order valence-corrected chi connectivity index (χ4v) is 4.32. The van der Waals surface area contributed by atoms with E-state index in [9.17, 15) is 18.7 Å². The van der Waals surface area contributed by atoms with Crippen LogP contribution in [0.3, 0.4) is 0 Å². The highest BCUT2D eigenvalue weighted by Crippen LogP contribution is 2.30. The zero-order valence-electron chi connectivity index (χ0n) is 20.4. The Hall–Kier alpha value is -3.80. The maximum atomic E-state index is 13.9. The molecule has 1 N–H and O–H groups in total. The van der Waals surface area contributed by atoms with Crippen LogP contribution in [0.15, 0.2) is 47.7 Å². The SMILES string of the molecule is Cc1cnc(-c2ccnc([C@]3(O)CCOC3)n2)cc1-n1c(C)cc(OCc2ncc(F)cc2F)c(Cl)c1=O. The lowest BCUT2D eigenvalue weighted by Crippen LogP contribution is -2.28. The summed E-state index contributed by atoms with van der Waals surface area (Å²) in [5, 5.41) is 10.6. The summed E-state index contributed by atoms with van der Waals surface area (Å²) in [6.07, 6.45) is 4.40. The van der Waals surface area contributed by atoms with Crippen LogP contribution in [0.1, 0.15) is 29.2 Å². The second-order valence-corrected chi connectivity index (χ2v) is 9.31. The minimum Gasteiger partial charge on any atom is -0.485 e. The van der Waals surface area contributed by atoms with E-state index in [1.807, 2.05) is 0 Å². The van der Waals surface area contributed by atoms with Gasteiger partial charge in [-0.2, -0.15) is 0 Å². The Balaban J connectivity index is 1.49. The van der Waals surface area contributed by atoms with E-state index in [2.05, 4.69) is 19.9 Å². The normalized spacial score (nSPS) is 17.1. The van der Waals surface area contributed by atoms with Gasteiger partial charge in [-0.15, -0.1) is 0 Å². The molecule has 5 heterocycles. The van der Waals surface area contributed by atoms with Gasteiger partial charge in [0, 0.05) is 36.6 Å². The monoisotopic (exact) mass is 541 g/mol. The van der Waals surface area contributed by atoms with Gasteiger partial charge in [-0.3, -0.25) is 19.3 Å². The Morgan fingerprint density at radius 1 is 1.16 bits per heavy atom. The Kier molecular flexibility index (Phi) is 6.91. The van der Waals surface area contributed by atoms with Crippen molar-refractivity contribution in [1.82, 2.24) is 24.5 Å². The van der Waals surface area contributed by atoms with Gasteiger partial charge in [0.2, 0.25) is 0 Å². The minimum atomic E-state index is -1.27. The van der Waals surface area contributed by atoms with Crippen LogP contribution in [0.25, 0.3) is 17.1 Å². The molecule has 1 fully saturated rings. The first-order chi connectivity index (χ1) is 18.2. The Morgan fingerprint density at radius 3 is 2.71 bits per heavy atom. The first kappa shape index (κ1) is 25.8. The van der Waals surface area contributed by atoms with Gasteiger partial charge in [-0.05, 0) is 31.5 Å². The van der Waals surface area contributed by atoms with Gasteiger partial charge in [0.15, 0.2) is 11.6 Å². The quantitative estimate of drug-likeness (QED) is 0.392. The van der Waals surface area contributed by atoms with Crippen molar-refractivity contribution in [3.63, 3.8) is 0 Å². The molecule has 5 rings (SSSR count). The van der Waals surface area contributed by atoms with Crippen LogP contribution in [0.2, 0.25) is 5.02 Å². The Bertz CT molecular complexity index is 1590. The average Bonchev–Trinajstić information content (AvgIpc) is 3.35. The number of rotatable bonds is 6. The molecule has 9 nitrogen and oxygen atoms in total. The van der Waals surface area contributed by atoms with Crippen molar-refractivity contribution in [3.05, 3.63) is 92.6 Å². The van der Waals surface area contributed by atoms with E-state index < -0.39 is 22.8 Å². The molecule has 38 heavy (non-hydrogen) atoms. The molecule has 196 valence electrons. The summed E-state index contributed by atoms with van der Waals surface area (Å²) in [5.41, 5.74) is 0.653. The molecule has 0 aromatic carbocycles. The van der Waals surface area contributed by atoms with Gasteiger partial charge < -0.3 is 14.6 Å². The molecule has 1 saturated heterocycles. The number of aromatic nitrogens is 5. The molecular formula is C26H22ClF2N5O4. The van der Waals surface area contributed by atoms with Crippen LogP contribution in [-0.2, 0) is 16.9 Å². The molecule has 0 aliphatic carbocycles. The smallest absolute Gasteiger partial charge is 0.277 e. The standard InChI is InChI=1S/C26H22ClF2N5O4/c1-14-10-31-19(18-3-5-30-25(33-18)26(36)4-6-37-13-26)9-21(14)34-15(2)7-22(23(27)24(34)35)38-12-20-17(29)8-16(28)11-32-20/h3,5,7-11,36H,4,6,12-13H2,1-2H3/t26-/m0/s1. The third-order valence-corrected chi connectivity index (χ3v) is 6.55. The van der Waals surface area contributed by atoms with Crippen molar-refractivity contribution in [3.8, 4) is 22.8 Å². The molecular weight excluding hydrogens is 520 g/mol. The lowest BCUT2D eigenvalue weighted by molar-refractivity contribution is 0.0154. The highest BCUT2D eigenvalue weighted by Gasteiger charge is 2.37. The summed E-state index contributed by atoms with van der Waals surface area (Å²) in [7, 11) is 0. The lowest BCUT2D eigenvalue weighted by Gasteiger charge is -2.19. The van der Waals surface area contributed by atoms with Crippen LogP contribution < -0.4 is 10.3 Å². The van der Waals surface area contributed by atoms with E-state index >= 15 is 0 Å². The van der Waals surface area contributed by atoms with E-state index in [0.717, 1.165) is 6.20 Å².